The molecule has 2 nitrogen and oxygen atoms in total. The molecule has 0 radical (unpaired) electrons. The van der Waals surface area contributed by atoms with Crippen LogP contribution in [0.4, 0.5) is 0 Å². The van der Waals surface area contributed by atoms with Crippen molar-refractivity contribution in [2.75, 3.05) is 0 Å². The zero-order valence-corrected chi connectivity index (χ0v) is 20.7. The van der Waals surface area contributed by atoms with Crippen LogP contribution < -0.4 is 33.7 Å². The van der Waals surface area contributed by atoms with Gasteiger partial charge >= 0.3 is 26.2 Å². The average Bonchev–Trinajstić information content (AvgIpc) is 2.87. The van der Waals surface area contributed by atoms with Gasteiger partial charge < -0.3 is 33.7 Å². The molecule has 0 aliphatic heterocycles. The molecule has 0 fully saturated rings. The standard InChI is InChI=1S/2C8H13OSi.2ClH.Zr/c2*1-10(2,3)9-8-6-4-5-7-8;;;/h2*4-7H,1-3H3;2*1H;/q2*-1;;;+4/p-2. The minimum atomic E-state index is -1.36. The molecule has 0 aliphatic rings. The molecular formula is C16H26Cl2O2Si2Zr. The maximum atomic E-state index is 5.68. The molecule has 128 valence electrons. The first-order chi connectivity index (χ1) is 9.16. The van der Waals surface area contributed by atoms with Crippen molar-refractivity contribution in [2.45, 2.75) is 39.3 Å². The van der Waals surface area contributed by atoms with E-state index in [0.29, 0.717) is 0 Å². The van der Waals surface area contributed by atoms with Gasteiger partial charge in [-0.15, -0.1) is 24.3 Å². The van der Waals surface area contributed by atoms with Gasteiger partial charge in [-0.25, -0.2) is 24.3 Å². The van der Waals surface area contributed by atoms with E-state index in [9.17, 15) is 0 Å². The molecule has 0 atom stereocenters. The third-order valence-corrected chi connectivity index (χ3v) is 3.81. The maximum absolute atomic E-state index is 5.68. The second-order valence-electron chi connectivity index (χ2n) is 6.67. The molecule has 0 N–H and O–H groups in total. The van der Waals surface area contributed by atoms with E-state index in [-0.39, 0.29) is 51.0 Å². The molecule has 7 heteroatoms. The predicted octanol–water partition coefficient (Wildman–Crippen LogP) is -0.756. The largest absolute Gasteiger partial charge is 4.00 e. The molecule has 0 saturated carbocycles. The van der Waals surface area contributed by atoms with Crippen LogP contribution in [0.15, 0.2) is 48.5 Å². The Morgan fingerprint density at radius 3 is 0.957 bits per heavy atom. The third kappa shape index (κ3) is 15.5. The summed E-state index contributed by atoms with van der Waals surface area (Å²) in [7, 11) is -2.72. The summed E-state index contributed by atoms with van der Waals surface area (Å²) in [4.78, 5) is 0. The molecular weight excluding hydrogens is 442 g/mol. The first-order valence-corrected chi connectivity index (χ1v) is 13.8. The fourth-order valence-electron chi connectivity index (χ4n) is 1.56. The Kier molecular flexibility index (Phi) is 15.3. The first-order valence-electron chi connectivity index (χ1n) is 6.97. The topological polar surface area (TPSA) is 18.5 Å². The summed E-state index contributed by atoms with van der Waals surface area (Å²) < 4.78 is 11.4. The van der Waals surface area contributed by atoms with E-state index in [0.717, 1.165) is 11.5 Å². The van der Waals surface area contributed by atoms with Crippen molar-refractivity contribution in [1.82, 2.24) is 0 Å². The van der Waals surface area contributed by atoms with Crippen LogP contribution in [0, 0.1) is 0 Å². The van der Waals surface area contributed by atoms with Crippen LogP contribution in [0.2, 0.25) is 39.3 Å². The Morgan fingerprint density at radius 1 is 0.565 bits per heavy atom. The van der Waals surface area contributed by atoms with Crippen molar-refractivity contribution in [3.63, 3.8) is 0 Å². The van der Waals surface area contributed by atoms with Crippen LogP contribution in [0.1, 0.15) is 0 Å². The van der Waals surface area contributed by atoms with E-state index in [1.165, 1.54) is 0 Å². The van der Waals surface area contributed by atoms with Crippen molar-refractivity contribution < 1.29 is 59.9 Å². The number of hydrogen-bond acceptors (Lipinski definition) is 2. The summed E-state index contributed by atoms with van der Waals surface area (Å²) in [5.74, 6) is 2.03. The Bertz CT molecular complexity index is 429. The smallest absolute Gasteiger partial charge is 1.00 e. The second kappa shape index (κ2) is 12.5. The molecule has 2 aromatic carbocycles. The van der Waals surface area contributed by atoms with Gasteiger partial charge in [0.25, 0.3) is 0 Å². The van der Waals surface area contributed by atoms with Crippen LogP contribution in [-0.2, 0) is 26.2 Å². The van der Waals surface area contributed by atoms with Crippen LogP contribution in [0.5, 0.6) is 11.5 Å². The monoisotopic (exact) mass is 466 g/mol. The Morgan fingerprint density at radius 2 is 0.783 bits per heavy atom. The van der Waals surface area contributed by atoms with E-state index in [4.69, 9.17) is 8.85 Å². The van der Waals surface area contributed by atoms with E-state index in [2.05, 4.69) is 39.3 Å². The third-order valence-electron chi connectivity index (χ3n) is 2.11. The molecule has 23 heavy (non-hydrogen) atoms. The molecule has 2 rings (SSSR count). The minimum Gasteiger partial charge on any atom is -1.00 e. The van der Waals surface area contributed by atoms with Crippen molar-refractivity contribution in [2.24, 2.45) is 0 Å². The Balaban J connectivity index is -0.000000308. The number of hydrogen-bond donors (Lipinski definition) is 0. The molecule has 0 aromatic heterocycles. The van der Waals surface area contributed by atoms with Crippen LogP contribution in [0.25, 0.3) is 0 Å². The van der Waals surface area contributed by atoms with Gasteiger partial charge in [-0.3, -0.25) is 0 Å². The fraction of sp³-hybridized carbons (Fsp3) is 0.375. The maximum Gasteiger partial charge on any atom is 4.00 e. The summed E-state index contributed by atoms with van der Waals surface area (Å²) in [6, 6.07) is 16.0. The van der Waals surface area contributed by atoms with Crippen molar-refractivity contribution in [3.8, 4) is 11.5 Å². The molecule has 0 amide bonds. The summed E-state index contributed by atoms with van der Waals surface area (Å²) >= 11 is 0. The molecule has 0 spiro atoms. The Labute approximate surface area is 174 Å². The van der Waals surface area contributed by atoms with Gasteiger partial charge in [0.2, 0.25) is 16.6 Å². The molecule has 2 aromatic rings. The predicted molar refractivity (Wildman–Crippen MR) is 92.0 cm³/mol. The fourth-order valence-corrected chi connectivity index (χ4v) is 3.24. The molecule has 0 saturated heterocycles. The van der Waals surface area contributed by atoms with Gasteiger partial charge in [0.05, 0.1) is 0 Å². The van der Waals surface area contributed by atoms with Gasteiger partial charge in [-0.05, 0) is 50.8 Å². The molecule has 0 bridgehead atoms. The minimum absolute atomic E-state index is 0. The zero-order valence-electron chi connectivity index (χ0n) is 14.7. The Hall–Kier alpha value is 0.197. The van der Waals surface area contributed by atoms with Crippen LogP contribution in [-0.4, -0.2) is 16.6 Å². The van der Waals surface area contributed by atoms with Crippen molar-refractivity contribution >= 4 is 16.6 Å². The van der Waals surface area contributed by atoms with Crippen molar-refractivity contribution in [1.29, 1.82) is 0 Å². The van der Waals surface area contributed by atoms with Crippen LogP contribution >= 0.6 is 0 Å². The summed E-state index contributed by atoms with van der Waals surface area (Å²) in [5.41, 5.74) is 0. The molecule has 0 aliphatic carbocycles. The quantitative estimate of drug-likeness (QED) is 0.434. The normalized spacial score (nSPS) is 10.0. The van der Waals surface area contributed by atoms with Gasteiger partial charge in [0, 0.05) is 0 Å². The summed E-state index contributed by atoms with van der Waals surface area (Å²) in [5, 5.41) is 0. The molecule has 0 heterocycles. The zero-order chi connectivity index (χ0) is 15.2. The van der Waals surface area contributed by atoms with Crippen molar-refractivity contribution in [3.05, 3.63) is 48.5 Å². The number of halogens is 2. The second-order valence-corrected chi connectivity index (χ2v) is 15.5. The van der Waals surface area contributed by atoms with Gasteiger partial charge in [-0.2, -0.15) is 0 Å². The SMILES string of the molecule is C[Si](C)(C)O[c-]1cccc1.C[Si](C)(C)O[c-]1cccc1.[Cl-].[Cl-].[Zr+4]. The number of rotatable bonds is 4. The average molecular weight is 469 g/mol. The summed E-state index contributed by atoms with van der Waals surface area (Å²) in [6.07, 6.45) is 0. The van der Waals surface area contributed by atoms with E-state index < -0.39 is 16.6 Å². The van der Waals surface area contributed by atoms with Gasteiger partial charge in [0.15, 0.2) is 0 Å². The summed E-state index contributed by atoms with van der Waals surface area (Å²) in [6.45, 7) is 13.1. The van der Waals surface area contributed by atoms with E-state index >= 15 is 0 Å². The van der Waals surface area contributed by atoms with Crippen LogP contribution in [0.3, 0.4) is 0 Å². The van der Waals surface area contributed by atoms with Gasteiger partial charge in [0.1, 0.15) is 0 Å². The van der Waals surface area contributed by atoms with Gasteiger partial charge in [-0.1, -0.05) is 0 Å². The first kappa shape index (κ1) is 28.0. The van der Waals surface area contributed by atoms with E-state index in [1.54, 1.807) is 0 Å². The molecule has 0 unspecified atom stereocenters. The van der Waals surface area contributed by atoms with E-state index in [1.807, 2.05) is 48.5 Å².